The fourth-order valence-corrected chi connectivity index (χ4v) is 4.23. The van der Waals surface area contributed by atoms with E-state index < -0.39 is 17.4 Å². The number of hydrogen-bond donors (Lipinski definition) is 1. The monoisotopic (exact) mass is 478 g/mol. The Kier molecular flexibility index (Phi) is 6.46. The van der Waals surface area contributed by atoms with E-state index in [2.05, 4.69) is 10.3 Å². The summed E-state index contributed by atoms with van der Waals surface area (Å²) in [5, 5.41) is 2.94. The molecule has 0 fully saturated rings. The largest absolute Gasteiger partial charge is 0.497 e. The lowest BCUT2D eigenvalue weighted by Gasteiger charge is -2.43. The Labute approximate surface area is 202 Å². The third kappa shape index (κ3) is 4.18. The molecule has 182 valence electrons. The number of benzene rings is 2. The van der Waals surface area contributed by atoms with Gasteiger partial charge in [0.1, 0.15) is 22.7 Å². The quantitative estimate of drug-likeness (QED) is 0.519. The van der Waals surface area contributed by atoms with Crippen LogP contribution in [-0.2, 0) is 22.6 Å². The zero-order chi connectivity index (χ0) is 25.2. The molecule has 35 heavy (non-hydrogen) atoms. The van der Waals surface area contributed by atoms with Crippen molar-refractivity contribution in [2.24, 2.45) is 0 Å². The normalized spacial score (nSPS) is 16.9. The molecular formula is C25H26N4O6. The van der Waals surface area contributed by atoms with Crippen LogP contribution in [0.4, 0.5) is 5.69 Å². The van der Waals surface area contributed by atoms with E-state index >= 15 is 0 Å². The maximum Gasteiger partial charge on any atom is 0.359 e. The standard InChI is InChI=1S/C25H26N4O6/c1-25(24(32)26-13-16-7-5-6-8-19(16)34-3)14-28-15-27-20(23(31)35-4)21(28)22(30)29(25)17-9-11-18(33-2)12-10-17/h5-12,15H,13-14H2,1-4H3,(H,26,32)/t25-/m0/s1. The minimum absolute atomic E-state index is 0.0580. The van der Waals surface area contributed by atoms with Gasteiger partial charge >= 0.3 is 5.97 Å². The number of rotatable bonds is 7. The number of esters is 1. The van der Waals surface area contributed by atoms with Crippen molar-refractivity contribution in [3.8, 4) is 11.5 Å². The van der Waals surface area contributed by atoms with E-state index in [4.69, 9.17) is 14.2 Å². The van der Waals surface area contributed by atoms with Gasteiger partial charge in [-0.1, -0.05) is 18.2 Å². The SMILES string of the molecule is COC(=O)c1ncn2c1C(=O)N(c1ccc(OC)cc1)[C@](C)(C(=O)NCc1ccccc1OC)C2. The molecule has 1 atom stereocenters. The summed E-state index contributed by atoms with van der Waals surface area (Å²) in [4.78, 5) is 45.2. The van der Waals surface area contributed by atoms with Gasteiger partial charge in [0.2, 0.25) is 5.91 Å². The van der Waals surface area contributed by atoms with E-state index in [1.807, 2.05) is 24.3 Å². The molecule has 3 aromatic rings. The van der Waals surface area contributed by atoms with Gasteiger partial charge in [-0.3, -0.25) is 14.5 Å². The highest BCUT2D eigenvalue weighted by Gasteiger charge is 2.49. The third-order valence-electron chi connectivity index (χ3n) is 6.05. The van der Waals surface area contributed by atoms with Gasteiger partial charge in [-0.15, -0.1) is 0 Å². The van der Waals surface area contributed by atoms with E-state index in [9.17, 15) is 14.4 Å². The predicted octanol–water partition coefficient (Wildman–Crippen LogP) is 2.42. The van der Waals surface area contributed by atoms with Crippen LogP contribution in [0.3, 0.4) is 0 Å². The number of fused-ring (bicyclic) bond motifs is 1. The van der Waals surface area contributed by atoms with Crippen LogP contribution in [-0.4, -0.2) is 54.2 Å². The molecule has 4 rings (SSSR count). The van der Waals surface area contributed by atoms with Crippen molar-refractivity contribution in [3.63, 3.8) is 0 Å². The Morgan fingerprint density at radius 1 is 1.06 bits per heavy atom. The second-order valence-corrected chi connectivity index (χ2v) is 8.17. The summed E-state index contributed by atoms with van der Waals surface area (Å²) in [6.07, 6.45) is 1.37. The number of amides is 2. The molecule has 0 unspecified atom stereocenters. The minimum Gasteiger partial charge on any atom is -0.497 e. The summed E-state index contributed by atoms with van der Waals surface area (Å²) < 4.78 is 16.9. The van der Waals surface area contributed by atoms with Crippen LogP contribution in [0.2, 0.25) is 0 Å². The molecule has 0 spiro atoms. The number of nitrogens with one attached hydrogen (secondary N) is 1. The van der Waals surface area contributed by atoms with Gasteiger partial charge in [0.25, 0.3) is 5.91 Å². The highest BCUT2D eigenvalue weighted by atomic mass is 16.5. The first-order valence-electron chi connectivity index (χ1n) is 10.9. The van der Waals surface area contributed by atoms with E-state index in [0.29, 0.717) is 17.2 Å². The Morgan fingerprint density at radius 3 is 2.43 bits per heavy atom. The maximum atomic E-state index is 13.8. The molecule has 2 heterocycles. The number of para-hydroxylation sites is 1. The predicted molar refractivity (Wildman–Crippen MR) is 127 cm³/mol. The topological polar surface area (TPSA) is 112 Å². The van der Waals surface area contributed by atoms with Crippen LogP contribution < -0.4 is 19.7 Å². The Bertz CT molecular complexity index is 1270. The summed E-state index contributed by atoms with van der Waals surface area (Å²) in [6, 6.07) is 14.1. The fourth-order valence-electron chi connectivity index (χ4n) is 4.23. The highest BCUT2D eigenvalue weighted by molar-refractivity contribution is 6.15. The molecule has 1 aliphatic rings. The third-order valence-corrected chi connectivity index (χ3v) is 6.05. The van der Waals surface area contributed by atoms with Gasteiger partial charge in [-0.05, 0) is 37.3 Å². The number of imidazole rings is 1. The van der Waals surface area contributed by atoms with E-state index in [1.165, 1.54) is 30.0 Å². The second kappa shape index (κ2) is 9.49. The van der Waals surface area contributed by atoms with Crippen molar-refractivity contribution >= 4 is 23.5 Å². The van der Waals surface area contributed by atoms with Crippen LogP contribution in [0, 0.1) is 0 Å². The van der Waals surface area contributed by atoms with Gasteiger partial charge in [0.05, 0.1) is 34.2 Å². The van der Waals surface area contributed by atoms with Gasteiger partial charge in [0, 0.05) is 17.8 Å². The minimum atomic E-state index is -1.34. The summed E-state index contributed by atoms with van der Waals surface area (Å²) in [7, 11) is 4.32. The summed E-state index contributed by atoms with van der Waals surface area (Å²) in [5.74, 6) is -0.420. The summed E-state index contributed by atoms with van der Waals surface area (Å²) in [6.45, 7) is 1.95. The number of ether oxygens (including phenoxy) is 3. The molecule has 0 saturated carbocycles. The first-order chi connectivity index (χ1) is 16.8. The van der Waals surface area contributed by atoms with Crippen LogP contribution in [0.5, 0.6) is 11.5 Å². The zero-order valence-corrected chi connectivity index (χ0v) is 19.9. The zero-order valence-electron chi connectivity index (χ0n) is 19.9. The first kappa shape index (κ1) is 23.8. The van der Waals surface area contributed by atoms with E-state index in [-0.39, 0.29) is 30.4 Å². The number of carbonyl (C=O) groups is 3. The van der Waals surface area contributed by atoms with Crippen molar-refractivity contribution < 1.29 is 28.6 Å². The smallest absolute Gasteiger partial charge is 0.359 e. The molecule has 2 amide bonds. The summed E-state index contributed by atoms with van der Waals surface area (Å²) in [5.41, 5.74) is -0.125. The lowest BCUT2D eigenvalue weighted by molar-refractivity contribution is -0.126. The van der Waals surface area contributed by atoms with Gasteiger partial charge < -0.3 is 24.1 Å². The molecule has 1 aliphatic heterocycles. The fraction of sp³-hybridized carbons (Fsp3) is 0.280. The lowest BCUT2D eigenvalue weighted by Crippen LogP contribution is -2.64. The van der Waals surface area contributed by atoms with Crippen LogP contribution in [0.15, 0.2) is 54.9 Å². The molecule has 2 aromatic carbocycles. The van der Waals surface area contributed by atoms with Crippen LogP contribution >= 0.6 is 0 Å². The van der Waals surface area contributed by atoms with Gasteiger partial charge in [0.15, 0.2) is 5.69 Å². The average Bonchev–Trinajstić information content (AvgIpc) is 3.31. The van der Waals surface area contributed by atoms with Crippen molar-refractivity contribution in [1.29, 1.82) is 0 Å². The molecule has 1 aromatic heterocycles. The molecule has 1 N–H and O–H groups in total. The molecule has 10 heteroatoms. The number of aromatic nitrogens is 2. The van der Waals surface area contributed by atoms with Crippen molar-refractivity contribution in [2.75, 3.05) is 26.2 Å². The van der Waals surface area contributed by atoms with Gasteiger partial charge in [-0.2, -0.15) is 0 Å². The highest BCUT2D eigenvalue weighted by Crippen LogP contribution is 2.34. The number of carbonyl (C=O) groups excluding carboxylic acids is 3. The Hall–Kier alpha value is -4.34. The molecule has 0 aliphatic carbocycles. The van der Waals surface area contributed by atoms with Crippen LogP contribution in [0.25, 0.3) is 0 Å². The average molecular weight is 479 g/mol. The van der Waals surface area contributed by atoms with Crippen molar-refractivity contribution in [1.82, 2.24) is 14.9 Å². The molecule has 0 bridgehead atoms. The second-order valence-electron chi connectivity index (χ2n) is 8.17. The van der Waals surface area contributed by atoms with Crippen molar-refractivity contribution in [3.05, 3.63) is 71.8 Å². The number of hydrogen-bond acceptors (Lipinski definition) is 7. The first-order valence-corrected chi connectivity index (χ1v) is 10.9. The lowest BCUT2D eigenvalue weighted by atomic mass is 9.93. The maximum absolute atomic E-state index is 13.8. The van der Waals surface area contributed by atoms with Gasteiger partial charge in [-0.25, -0.2) is 9.78 Å². The van der Waals surface area contributed by atoms with Crippen LogP contribution in [0.1, 0.15) is 33.5 Å². The number of nitrogens with zero attached hydrogens (tertiary/aromatic N) is 3. The number of methoxy groups -OCH3 is 3. The summed E-state index contributed by atoms with van der Waals surface area (Å²) >= 11 is 0. The van der Waals surface area contributed by atoms with E-state index in [0.717, 1.165) is 5.56 Å². The number of anilines is 1. The molecule has 10 nitrogen and oxygen atoms in total. The molecule has 0 saturated heterocycles. The van der Waals surface area contributed by atoms with Crippen molar-refractivity contribution in [2.45, 2.75) is 25.6 Å². The van der Waals surface area contributed by atoms with E-state index in [1.54, 1.807) is 38.3 Å². The molecule has 0 radical (unpaired) electrons. The Morgan fingerprint density at radius 2 is 1.77 bits per heavy atom. The Balaban J connectivity index is 1.74. The molecular weight excluding hydrogens is 452 g/mol.